The van der Waals surface area contributed by atoms with E-state index in [4.69, 9.17) is 15.2 Å². The van der Waals surface area contributed by atoms with E-state index in [1.165, 1.54) is 0 Å². The number of amides is 2. The van der Waals surface area contributed by atoms with Crippen LogP contribution in [0.5, 0.6) is 5.88 Å². The summed E-state index contributed by atoms with van der Waals surface area (Å²) in [6.07, 6.45) is 4.62. The van der Waals surface area contributed by atoms with Gasteiger partial charge >= 0.3 is 6.09 Å². The van der Waals surface area contributed by atoms with Crippen molar-refractivity contribution in [2.45, 2.75) is 50.7 Å². The number of halogens is 2. The minimum absolute atomic E-state index is 0.180. The first-order valence-corrected chi connectivity index (χ1v) is 10.6. The number of carbonyl (C=O) groups excluding carboxylic acids is 2. The van der Waals surface area contributed by atoms with E-state index >= 15 is 0 Å². The van der Waals surface area contributed by atoms with Crippen LogP contribution in [-0.4, -0.2) is 47.2 Å². The Morgan fingerprint density at radius 1 is 1.20 bits per heavy atom. The first kappa shape index (κ1) is 19.5. The van der Waals surface area contributed by atoms with E-state index in [1.807, 2.05) is 0 Å². The molecule has 7 nitrogen and oxygen atoms in total. The molecule has 5 aliphatic rings. The number of rotatable bonds is 4. The summed E-state index contributed by atoms with van der Waals surface area (Å²) in [7, 11) is 0. The van der Waals surface area contributed by atoms with Crippen molar-refractivity contribution in [2.24, 2.45) is 28.9 Å². The van der Waals surface area contributed by atoms with Crippen molar-refractivity contribution < 1.29 is 27.8 Å². The lowest BCUT2D eigenvalue weighted by molar-refractivity contribution is -0.161. The van der Waals surface area contributed by atoms with E-state index in [9.17, 15) is 18.4 Å². The molecule has 1 aromatic rings. The molecule has 1 aromatic heterocycles. The highest BCUT2D eigenvalue weighted by Crippen LogP contribution is 2.60. The molecular weight excluding hydrogens is 396 g/mol. The minimum atomic E-state index is -0.868. The fraction of sp³-hybridized carbons (Fsp3) is 0.667. The molecule has 30 heavy (non-hydrogen) atoms. The summed E-state index contributed by atoms with van der Waals surface area (Å²) < 4.78 is 38.2. The predicted octanol–water partition coefficient (Wildman–Crippen LogP) is 2.63. The number of likely N-dealkylation sites (tertiary alicyclic amines) is 1. The maximum Gasteiger partial charge on any atom is 0.410 e. The Hall–Kier alpha value is -2.45. The number of ether oxygens (including phenoxy) is 2. The van der Waals surface area contributed by atoms with Gasteiger partial charge < -0.3 is 20.1 Å². The van der Waals surface area contributed by atoms with Crippen molar-refractivity contribution in [1.29, 1.82) is 0 Å². The third-order valence-electron chi connectivity index (χ3n) is 7.40. The van der Waals surface area contributed by atoms with Crippen LogP contribution in [0.2, 0.25) is 0 Å². The summed E-state index contributed by atoms with van der Waals surface area (Å²) in [5.41, 5.74) is 5.30. The number of hydrogen-bond acceptors (Lipinski definition) is 5. The van der Waals surface area contributed by atoms with Gasteiger partial charge in [0.15, 0.2) is 5.82 Å². The Labute approximate surface area is 172 Å². The number of carbonyl (C=O) groups is 2. The van der Waals surface area contributed by atoms with Crippen LogP contribution in [0.25, 0.3) is 0 Å². The van der Waals surface area contributed by atoms with Crippen molar-refractivity contribution in [3.8, 4) is 5.88 Å². The molecule has 1 aliphatic heterocycles. The lowest BCUT2D eigenvalue weighted by Crippen LogP contribution is -2.59. The van der Waals surface area contributed by atoms with Crippen molar-refractivity contribution in [3.05, 3.63) is 23.9 Å². The minimum Gasteiger partial charge on any atom is -0.470 e. The smallest absolute Gasteiger partial charge is 0.410 e. The third kappa shape index (κ3) is 3.28. The number of pyridine rings is 1. The Balaban J connectivity index is 1.19. The predicted molar refractivity (Wildman–Crippen MR) is 100 cm³/mol. The van der Waals surface area contributed by atoms with Gasteiger partial charge in [0.05, 0.1) is 18.2 Å². The molecule has 6 rings (SSSR count). The van der Waals surface area contributed by atoms with Crippen molar-refractivity contribution in [3.63, 3.8) is 0 Å². The average Bonchev–Trinajstić information content (AvgIpc) is 3.15. The summed E-state index contributed by atoms with van der Waals surface area (Å²) in [4.78, 5) is 30.0. The second-order valence-electron chi connectivity index (χ2n) is 9.38. The zero-order valence-electron chi connectivity index (χ0n) is 16.6. The quantitative estimate of drug-likeness (QED) is 0.807. The molecule has 2 N–H and O–H groups in total. The van der Waals surface area contributed by atoms with Gasteiger partial charge in [-0.2, -0.15) is 0 Å². The Bertz CT molecular complexity index is 866. The molecule has 4 saturated carbocycles. The largest absolute Gasteiger partial charge is 0.470 e. The SMILES string of the molecule is NC(=O)[C@]12CC3CC(C1)[C@@H](OC(=O)N1CC[C@H](Oc4ncc(F)cc4F)C1)C(C3)C2. The first-order chi connectivity index (χ1) is 14.3. The molecule has 0 radical (unpaired) electrons. The van der Waals surface area contributed by atoms with Gasteiger partial charge in [-0.05, 0) is 49.9 Å². The molecule has 0 spiro atoms. The molecule has 2 amide bonds. The van der Waals surface area contributed by atoms with Gasteiger partial charge in [-0.3, -0.25) is 4.79 Å². The molecule has 4 aliphatic carbocycles. The maximum atomic E-state index is 13.8. The van der Waals surface area contributed by atoms with Crippen LogP contribution in [0, 0.1) is 34.8 Å². The maximum absolute atomic E-state index is 13.8. The van der Waals surface area contributed by atoms with Gasteiger partial charge in [0.2, 0.25) is 5.91 Å². The summed E-state index contributed by atoms with van der Waals surface area (Å²) in [6, 6.07) is 0.717. The van der Waals surface area contributed by atoms with Crippen LogP contribution < -0.4 is 10.5 Å². The van der Waals surface area contributed by atoms with Gasteiger partial charge in [0.1, 0.15) is 18.0 Å². The van der Waals surface area contributed by atoms with Crippen LogP contribution in [-0.2, 0) is 9.53 Å². The molecule has 2 heterocycles. The second-order valence-corrected chi connectivity index (χ2v) is 9.38. The molecular formula is C21H25F2N3O4. The molecule has 1 saturated heterocycles. The van der Waals surface area contributed by atoms with Crippen molar-refractivity contribution in [2.75, 3.05) is 13.1 Å². The molecule has 9 heteroatoms. The van der Waals surface area contributed by atoms with Crippen molar-refractivity contribution in [1.82, 2.24) is 9.88 Å². The highest BCUT2D eigenvalue weighted by Gasteiger charge is 2.59. The molecule has 5 fully saturated rings. The fourth-order valence-electron chi connectivity index (χ4n) is 6.30. The Morgan fingerprint density at radius 3 is 2.60 bits per heavy atom. The molecule has 162 valence electrons. The summed E-state index contributed by atoms with van der Waals surface area (Å²) >= 11 is 0. The number of nitrogens with zero attached hydrogens (tertiary/aromatic N) is 2. The second kappa shape index (κ2) is 7.06. The Morgan fingerprint density at radius 2 is 1.93 bits per heavy atom. The van der Waals surface area contributed by atoms with Crippen molar-refractivity contribution >= 4 is 12.0 Å². The number of nitrogens with two attached hydrogens (primary N) is 1. The number of aromatic nitrogens is 1. The van der Waals surface area contributed by atoms with E-state index in [0.29, 0.717) is 37.8 Å². The van der Waals surface area contributed by atoms with Gasteiger partial charge in [0.25, 0.3) is 5.88 Å². The van der Waals surface area contributed by atoms with Gasteiger partial charge in [-0.1, -0.05) is 0 Å². The van der Waals surface area contributed by atoms with Crippen LogP contribution in [0.15, 0.2) is 12.3 Å². The summed E-state index contributed by atoms with van der Waals surface area (Å²) in [6.45, 7) is 0.690. The van der Waals surface area contributed by atoms with Crippen LogP contribution in [0.3, 0.4) is 0 Å². The lowest BCUT2D eigenvalue weighted by Gasteiger charge is -2.58. The lowest BCUT2D eigenvalue weighted by atomic mass is 9.48. The number of hydrogen-bond donors (Lipinski definition) is 1. The van der Waals surface area contributed by atoms with E-state index < -0.39 is 29.2 Å². The molecule has 2 unspecified atom stereocenters. The third-order valence-corrected chi connectivity index (χ3v) is 7.40. The highest BCUT2D eigenvalue weighted by molar-refractivity contribution is 5.81. The molecule has 4 bridgehead atoms. The van der Waals surface area contributed by atoms with Crippen LogP contribution >= 0.6 is 0 Å². The molecule has 0 aromatic carbocycles. The fourth-order valence-corrected chi connectivity index (χ4v) is 6.30. The standard InChI is InChI=1S/C21H25F2N3O4/c22-14-5-16(23)18(25-9-14)29-15-1-2-26(10-15)20(28)30-17-12-3-11-4-13(17)8-21(6-11,7-12)19(24)27/h5,9,11-13,15,17H,1-4,6-8,10H2,(H2,24,27)/t11?,12?,13?,15-,17-,21-/m0/s1. The average molecular weight is 421 g/mol. The van der Waals surface area contributed by atoms with E-state index in [2.05, 4.69) is 4.98 Å². The van der Waals surface area contributed by atoms with Gasteiger partial charge in [0, 0.05) is 19.0 Å². The zero-order chi connectivity index (χ0) is 21.0. The van der Waals surface area contributed by atoms with Gasteiger partial charge in [-0.25, -0.2) is 18.6 Å². The van der Waals surface area contributed by atoms with E-state index in [0.717, 1.165) is 25.5 Å². The first-order valence-electron chi connectivity index (χ1n) is 10.6. The topological polar surface area (TPSA) is 94.8 Å². The van der Waals surface area contributed by atoms with E-state index in [-0.39, 0.29) is 36.3 Å². The van der Waals surface area contributed by atoms with E-state index in [1.54, 1.807) is 4.90 Å². The van der Waals surface area contributed by atoms with Gasteiger partial charge in [-0.15, -0.1) is 0 Å². The monoisotopic (exact) mass is 421 g/mol. The zero-order valence-corrected chi connectivity index (χ0v) is 16.6. The molecule has 3 atom stereocenters. The summed E-state index contributed by atoms with van der Waals surface area (Å²) in [5, 5.41) is 0. The summed E-state index contributed by atoms with van der Waals surface area (Å²) in [5.74, 6) is -1.27. The Kier molecular flexibility index (Phi) is 4.59. The van der Waals surface area contributed by atoms with Crippen LogP contribution in [0.1, 0.15) is 38.5 Å². The normalized spacial score (nSPS) is 36.7. The van der Waals surface area contributed by atoms with Crippen LogP contribution in [0.4, 0.5) is 13.6 Å². The number of primary amides is 1. The highest BCUT2D eigenvalue weighted by atomic mass is 19.1.